The summed E-state index contributed by atoms with van der Waals surface area (Å²) in [4.78, 5) is 26.9. The van der Waals surface area contributed by atoms with Gasteiger partial charge < -0.3 is 10.4 Å². The number of aromatic nitrogens is 1. The van der Waals surface area contributed by atoms with Gasteiger partial charge in [0, 0.05) is 13.0 Å². The van der Waals surface area contributed by atoms with Crippen molar-refractivity contribution in [1.29, 1.82) is 0 Å². The van der Waals surface area contributed by atoms with Crippen LogP contribution in [0, 0.1) is 5.41 Å². The van der Waals surface area contributed by atoms with Crippen molar-refractivity contribution < 1.29 is 14.7 Å². The fourth-order valence-corrected chi connectivity index (χ4v) is 3.58. The van der Waals surface area contributed by atoms with Crippen LogP contribution in [0.15, 0.2) is 0 Å². The van der Waals surface area contributed by atoms with Crippen LogP contribution < -0.4 is 5.32 Å². The maximum Gasteiger partial charge on any atom is 0.356 e. The Balaban J connectivity index is 2.23. The van der Waals surface area contributed by atoms with E-state index in [4.69, 9.17) is 5.11 Å². The fourth-order valence-electron chi connectivity index (χ4n) is 2.68. The molecule has 0 saturated heterocycles. The van der Waals surface area contributed by atoms with Crippen molar-refractivity contribution in [3.8, 4) is 0 Å². The Hall–Kier alpha value is -1.43. The van der Waals surface area contributed by atoms with Gasteiger partial charge in [0.15, 0.2) is 16.6 Å². The summed E-state index contributed by atoms with van der Waals surface area (Å²) in [6.07, 6.45) is 4.58. The number of Topliss-reactive ketones (excluding diaryl/α,β-unsaturated/α-hetero) is 1. The van der Waals surface area contributed by atoms with Crippen LogP contribution in [0.25, 0.3) is 0 Å². The predicted octanol–water partition coefficient (Wildman–Crippen LogP) is 3.42. The number of aromatic carboxylic acids is 1. The van der Waals surface area contributed by atoms with Crippen LogP contribution in [0.5, 0.6) is 0 Å². The second-order valence-corrected chi connectivity index (χ2v) is 6.99. The molecule has 6 heteroatoms. The lowest BCUT2D eigenvalue weighted by atomic mass is 9.73. The summed E-state index contributed by atoms with van der Waals surface area (Å²) in [6, 6.07) is 0.267. The number of carbonyl (C=O) groups is 2. The molecule has 1 heterocycles. The summed E-state index contributed by atoms with van der Waals surface area (Å²) < 4.78 is 0. The molecule has 1 atom stereocenters. The van der Waals surface area contributed by atoms with E-state index in [2.05, 4.69) is 24.1 Å². The minimum Gasteiger partial charge on any atom is -0.476 e. The average Bonchev–Trinajstić information content (AvgIpc) is 2.76. The molecule has 1 aromatic rings. The lowest BCUT2D eigenvalue weighted by Gasteiger charge is -2.38. The van der Waals surface area contributed by atoms with Gasteiger partial charge in [-0.1, -0.05) is 38.0 Å². The highest BCUT2D eigenvalue weighted by Gasteiger charge is 2.33. The number of nitrogens with zero attached hydrogens (tertiary/aromatic N) is 1. The first-order valence-corrected chi connectivity index (χ1v) is 7.64. The Labute approximate surface area is 122 Å². The van der Waals surface area contributed by atoms with Gasteiger partial charge in [0.1, 0.15) is 4.88 Å². The highest BCUT2D eigenvalue weighted by Crippen LogP contribution is 2.38. The quantitative estimate of drug-likeness (QED) is 0.832. The number of hydrogen-bond acceptors (Lipinski definition) is 5. The minimum absolute atomic E-state index is 0.140. The number of nitrogens with one attached hydrogen (secondary N) is 1. The molecule has 1 aliphatic carbocycles. The van der Waals surface area contributed by atoms with Gasteiger partial charge in [-0.3, -0.25) is 4.79 Å². The number of carbonyl (C=O) groups excluding carboxylic acids is 1. The summed E-state index contributed by atoms with van der Waals surface area (Å²) in [5.74, 6) is -1.40. The Morgan fingerprint density at radius 2 is 2.10 bits per heavy atom. The highest BCUT2D eigenvalue weighted by molar-refractivity contribution is 7.17. The van der Waals surface area contributed by atoms with Crippen molar-refractivity contribution in [1.82, 2.24) is 4.98 Å². The molecule has 0 spiro atoms. The molecule has 0 amide bonds. The average molecular weight is 296 g/mol. The molecule has 1 saturated carbocycles. The van der Waals surface area contributed by atoms with Crippen LogP contribution in [0.4, 0.5) is 5.13 Å². The summed E-state index contributed by atoms with van der Waals surface area (Å²) in [7, 11) is 0. The lowest BCUT2D eigenvalue weighted by molar-refractivity contribution is 0.0687. The zero-order valence-electron chi connectivity index (χ0n) is 12.0. The SMILES string of the molecule is CC(=O)c1sc(NC2CCCCC2(C)C)nc1C(=O)O. The van der Waals surface area contributed by atoms with Crippen molar-refractivity contribution in [2.24, 2.45) is 5.41 Å². The molecule has 110 valence electrons. The van der Waals surface area contributed by atoms with Gasteiger partial charge >= 0.3 is 5.97 Å². The third-order valence-corrected chi connectivity index (χ3v) is 5.04. The number of ketones is 1. The first-order chi connectivity index (χ1) is 9.31. The maximum atomic E-state index is 11.5. The van der Waals surface area contributed by atoms with Gasteiger partial charge in [0.05, 0.1) is 0 Å². The Morgan fingerprint density at radius 3 is 2.60 bits per heavy atom. The second kappa shape index (κ2) is 5.52. The van der Waals surface area contributed by atoms with Crippen LogP contribution >= 0.6 is 11.3 Å². The molecular weight excluding hydrogens is 276 g/mol. The topological polar surface area (TPSA) is 79.3 Å². The normalized spacial score (nSPS) is 21.4. The smallest absolute Gasteiger partial charge is 0.356 e. The number of carboxylic acids is 1. The van der Waals surface area contributed by atoms with E-state index in [1.165, 1.54) is 13.3 Å². The van der Waals surface area contributed by atoms with Gasteiger partial charge in [0.25, 0.3) is 0 Å². The molecular formula is C14H20N2O3S. The molecule has 1 aliphatic rings. The number of thiazole rings is 1. The number of hydrogen-bond donors (Lipinski definition) is 2. The zero-order valence-corrected chi connectivity index (χ0v) is 12.8. The van der Waals surface area contributed by atoms with Gasteiger partial charge in [-0.15, -0.1) is 0 Å². The summed E-state index contributed by atoms with van der Waals surface area (Å²) >= 11 is 1.14. The number of carboxylic acid groups (broad SMARTS) is 1. The van der Waals surface area contributed by atoms with E-state index in [1.807, 2.05) is 0 Å². The van der Waals surface area contributed by atoms with E-state index in [-0.39, 0.29) is 27.8 Å². The Bertz CT molecular complexity index is 505. The van der Waals surface area contributed by atoms with Crippen LogP contribution in [0.3, 0.4) is 0 Å². The molecule has 1 aromatic heterocycles. The van der Waals surface area contributed by atoms with Gasteiger partial charge in [-0.05, 0) is 18.3 Å². The highest BCUT2D eigenvalue weighted by atomic mass is 32.1. The maximum absolute atomic E-state index is 11.5. The van der Waals surface area contributed by atoms with E-state index in [9.17, 15) is 9.59 Å². The largest absolute Gasteiger partial charge is 0.476 e. The molecule has 1 fully saturated rings. The fraction of sp³-hybridized carbons (Fsp3) is 0.643. The standard InChI is InChI=1S/C14H20N2O3S/c1-8(17)11-10(12(18)19)16-13(20-11)15-9-6-4-5-7-14(9,2)3/h9H,4-7H2,1-3H3,(H,15,16)(H,18,19). The Morgan fingerprint density at radius 1 is 1.40 bits per heavy atom. The zero-order chi connectivity index (χ0) is 14.9. The van der Waals surface area contributed by atoms with Crippen molar-refractivity contribution in [3.05, 3.63) is 10.6 Å². The molecule has 0 radical (unpaired) electrons. The van der Waals surface area contributed by atoms with E-state index in [0.29, 0.717) is 5.13 Å². The third-order valence-electron chi connectivity index (χ3n) is 3.95. The van der Waals surface area contributed by atoms with E-state index in [0.717, 1.165) is 30.6 Å². The summed E-state index contributed by atoms with van der Waals surface area (Å²) in [5, 5.41) is 13.0. The van der Waals surface area contributed by atoms with Gasteiger partial charge in [-0.2, -0.15) is 0 Å². The van der Waals surface area contributed by atoms with Crippen molar-refractivity contribution >= 4 is 28.2 Å². The van der Waals surface area contributed by atoms with Crippen LogP contribution in [0.2, 0.25) is 0 Å². The van der Waals surface area contributed by atoms with Crippen LogP contribution in [0.1, 0.15) is 66.6 Å². The van der Waals surface area contributed by atoms with Gasteiger partial charge in [-0.25, -0.2) is 9.78 Å². The molecule has 5 nitrogen and oxygen atoms in total. The molecule has 0 aromatic carbocycles. The molecule has 0 bridgehead atoms. The first kappa shape index (κ1) is 15.0. The van der Waals surface area contributed by atoms with E-state index < -0.39 is 5.97 Å². The second-order valence-electron chi connectivity index (χ2n) is 5.99. The van der Waals surface area contributed by atoms with Crippen molar-refractivity contribution in [3.63, 3.8) is 0 Å². The monoisotopic (exact) mass is 296 g/mol. The van der Waals surface area contributed by atoms with E-state index >= 15 is 0 Å². The third kappa shape index (κ3) is 3.00. The number of anilines is 1. The minimum atomic E-state index is -1.15. The van der Waals surface area contributed by atoms with Gasteiger partial charge in [0.2, 0.25) is 0 Å². The summed E-state index contributed by atoms with van der Waals surface area (Å²) in [6.45, 7) is 5.79. The predicted molar refractivity (Wildman–Crippen MR) is 78.7 cm³/mol. The molecule has 2 N–H and O–H groups in total. The summed E-state index contributed by atoms with van der Waals surface area (Å²) in [5.41, 5.74) is 0.0163. The molecule has 2 rings (SSSR count). The molecule has 20 heavy (non-hydrogen) atoms. The molecule has 1 unspecified atom stereocenters. The number of rotatable bonds is 4. The van der Waals surface area contributed by atoms with E-state index in [1.54, 1.807) is 0 Å². The molecule has 0 aliphatic heterocycles. The Kier molecular flexibility index (Phi) is 4.13. The van der Waals surface area contributed by atoms with Crippen LogP contribution in [-0.4, -0.2) is 27.9 Å². The van der Waals surface area contributed by atoms with Crippen molar-refractivity contribution in [2.75, 3.05) is 5.32 Å². The lowest BCUT2D eigenvalue weighted by Crippen LogP contribution is -2.38. The van der Waals surface area contributed by atoms with Crippen molar-refractivity contribution in [2.45, 2.75) is 52.5 Å². The van der Waals surface area contributed by atoms with Crippen LogP contribution in [-0.2, 0) is 0 Å². The first-order valence-electron chi connectivity index (χ1n) is 6.83.